The molecule has 1 fully saturated rings. The minimum Gasteiger partial charge on any atom is -0.366 e. The summed E-state index contributed by atoms with van der Waals surface area (Å²) in [5.41, 5.74) is 7.08. The van der Waals surface area contributed by atoms with Crippen molar-refractivity contribution >= 4 is 23.5 Å². The zero-order chi connectivity index (χ0) is 19.9. The highest BCUT2D eigenvalue weighted by Crippen LogP contribution is 2.13. The summed E-state index contributed by atoms with van der Waals surface area (Å²) in [7, 11) is 0. The first-order valence-electron chi connectivity index (χ1n) is 9.33. The summed E-state index contributed by atoms with van der Waals surface area (Å²) in [5, 5.41) is 5.66. The lowest BCUT2D eigenvalue weighted by Crippen LogP contribution is -2.49. The van der Waals surface area contributed by atoms with E-state index in [0.717, 1.165) is 18.4 Å². The van der Waals surface area contributed by atoms with Gasteiger partial charge in [0.2, 0.25) is 11.8 Å². The highest BCUT2D eigenvalue weighted by molar-refractivity contribution is 5.98. The van der Waals surface area contributed by atoms with Crippen molar-refractivity contribution in [3.05, 3.63) is 65.7 Å². The molecule has 28 heavy (non-hydrogen) atoms. The predicted octanol–water partition coefficient (Wildman–Crippen LogP) is 2.14. The summed E-state index contributed by atoms with van der Waals surface area (Å²) in [6.45, 7) is 1.42. The van der Waals surface area contributed by atoms with Crippen molar-refractivity contribution in [3.8, 4) is 0 Å². The third-order valence-electron chi connectivity index (χ3n) is 4.73. The summed E-state index contributed by atoms with van der Waals surface area (Å²) in [6, 6.07) is 14.9. The summed E-state index contributed by atoms with van der Waals surface area (Å²) in [4.78, 5) is 38.3. The largest absolute Gasteiger partial charge is 0.366 e. The monoisotopic (exact) mass is 380 g/mol. The molecule has 1 saturated heterocycles. The molecule has 0 unspecified atom stereocenters. The average molecular weight is 380 g/mol. The molecule has 146 valence electrons. The Morgan fingerprint density at radius 3 is 2.21 bits per heavy atom. The fourth-order valence-electron chi connectivity index (χ4n) is 3.17. The molecule has 1 heterocycles. The van der Waals surface area contributed by atoms with E-state index in [-0.39, 0.29) is 11.9 Å². The Hall–Kier alpha value is -3.35. The number of amides is 4. The maximum atomic E-state index is 12.9. The number of hydrogen-bond acceptors (Lipinski definition) is 3. The van der Waals surface area contributed by atoms with Crippen LogP contribution in [0.1, 0.15) is 28.8 Å². The van der Waals surface area contributed by atoms with Crippen LogP contribution in [0.4, 0.5) is 10.5 Å². The van der Waals surface area contributed by atoms with Crippen LogP contribution >= 0.6 is 0 Å². The van der Waals surface area contributed by atoms with Crippen molar-refractivity contribution in [2.24, 2.45) is 5.73 Å². The van der Waals surface area contributed by atoms with Crippen LogP contribution < -0.4 is 16.4 Å². The second-order valence-corrected chi connectivity index (χ2v) is 6.82. The molecule has 0 aliphatic carbocycles. The maximum Gasteiger partial charge on any atom is 0.318 e. The molecule has 0 spiro atoms. The van der Waals surface area contributed by atoms with Gasteiger partial charge in [0, 0.05) is 30.8 Å². The number of hydrogen-bond donors (Lipinski definition) is 3. The number of nitrogens with zero attached hydrogens (tertiary/aromatic N) is 1. The van der Waals surface area contributed by atoms with E-state index in [2.05, 4.69) is 10.6 Å². The van der Waals surface area contributed by atoms with E-state index in [0.29, 0.717) is 30.8 Å². The topological polar surface area (TPSA) is 105 Å². The molecule has 0 aromatic heterocycles. The number of anilines is 1. The minimum absolute atomic E-state index is 0.224. The number of carbonyl (C=O) groups excluding carboxylic acids is 3. The van der Waals surface area contributed by atoms with Crippen LogP contribution in [0.3, 0.4) is 0 Å². The molecule has 1 aliphatic heterocycles. The van der Waals surface area contributed by atoms with E-state index >= 15 is 0 Å². The number of rotatable bonds is 6. The first-order valence-corrected chi connectivity index (χ1v) is 9.33. The van der Waals surface area contributed by atoms with E-state index in [1.54, 1.807) is 29.2 Å². The number of nitrogens with one attached hydrogen (secondary N) is 2. The van der Waals surface area contributed by atoms with Gasteiger partial charge in [-0.2, -0.15) is 0 Å². The fourth-order valence-corrected chi connectivity index (χ4v) is 3.17. The molecule has 2 aromatic rings. The van der Waals surface area contributed by atoms with Crippen LogP contribution in [0.2, 0.25) is 0 Å². The number of carbonyl (C=O) groups is 3. The standard InChI is InChI=1S/C21H24N4O3/c22-19(26)16-8-10-17(11-9-16)23-20(27)18(14-15-6-2-1-3-7-15)24-21(28)25-12-4-5-13-25/h1-3,6-11,18H,4-5,12-14H2,(H2,22,26)(H,23,27)(H,24,28)/t18-/m0/s1. The summed E-state index contributed by atoms with van der Waals surface area (Å²) < 4.78 is 0. The van der Waals surface area contributed by atoms with Crippen LogP contribution in [0, 0.1) is 0 Å². The van der Waals surface area contributed by atoms with Crippen molar-refractivity contribution in [2.75, 3.05) is 18.4 Å². The summed E-state index contributed by atoms with van der Waals surface area (Å²) >= 11 is 0. The SMILES string of the molecule is NC(=O)c1ccc(NC(=O)[C@H](Cc2ccccc2)NC(=O)N2CCCC2)cc1. The van der Waals surface area contributed by atoms with Gasteiger partial charge in [0.05, 0.1) is 0 Å². The zero-order valence-corrected chi connectivity index (χ0v) is 15.6. The van der Waals surface area contributed by atoms with Crippen LogP contribution in [-0.2, 0) is 11.2 Å². The lowest BCUT2D eigenvalue weighted by Gasteiger charge is -2.23. The fraction of sp³-hybridized carbons (Fsp3) is 0.286. The Balaban J connectivity index is 1.71. The third-order valence-corrected chi connectivity index (χ3v) is 4.73. The second-order valence-electron chi connectivity index (χ2n) is 6.82. The van der Waals surface area contributed by atoms with Crippen molar-refractivity contribution < 1.29 is 14.4 Å². The number of primary amides is 1. The van der Waals surface area contributed by atoms with Crippen molar-refractivity contribution in [1.82, 2.24) is 10.2 Å². The Labute approximate surface area is 163 Å². The van der Waals surface area contributed by atoms with Gasteiger partial charge in [-0.05, 0) is 42.7 Å². The zero-order valence-electron chi connectivity index (χ0n) is 15.6. The molecule has 0 saturated carbocycles. The molecule has 7 nitrogen and oxygen atoms in total. The Bertz CT molecular complexity index is 830. The molecule has 0 radical (unpaired) electrons. The first-order chi connectivity index (χ1) is 13.5. The quantitative estimate of drug-likeness (QED) is 0.715. The van der Waals surface area contributed by atoms with E-state index in [4.69, 9.17) is 5.73 Å². The van der Waals surface area contributed by atoms with Gasteiger partial charge in [-0.15, -0.1) is 0 Å². The Morgan fingerprint density at radius 2 is 1.61 bits per heavy atom. The van der Waals surface area contributed by atoms with Crippen LogP contribution in [0.25, 0.3) is 0 Å². The van der Waals surface area contributed by atoms with E-state index in [1.165, 1.54) is 0 Å². The lowest BCUT2D eigenvalue weighted by molar-refractivity contribution is -0.118. The first kappa shape index (κ1) is 19.4. The van der Waals surface area contributed by atoms with Crippen molar-refractivity contribution in [2.45, 2.75) is 25.3 Å². The normalized spacial score (nSPS) is 14.4. The molecule has 4 N–H and O–H groups in total. The second kappa shape index (κ2) is 9.03. The molecular formula is C21H24N4O3. The molecule has 4 amide bonds. The Morgan fingerprint density at radius 1 is 0.964 bits per heavy atom. The highest BCUT2D eigenvalue weighted by atomic mass is 16.2. The number of likely N-dealkylation sites (tertiary alicyclic amines) is 1. The van der Waals surface area contributed by atoms with Crippen LogP contribution in [0.5, 0.6) is 0 Å². The van der Waals surface area contributed by atoms with Gasteiger partial charge in [0.1, 0.15) is 6.04 Å². The van der Waals surface area contributed by atoms with Gasteiger partial charge in [-0.25, -0.2) is 4.79 Å². The van der Waals surface area contributed by atoms with Gasteiger partial charge in [-0.3, -0.25) is 9.59 Å². The third kappa shape index (κ3) is 5.09. The molecule has 1 aliphatic rings. The molecule has 0 bridgehead atoms. The average Bonchev–Trinajstić information content (AvgIpc) is 3.23. The van der Waals surface area contributed by atoms with Gasteiger partial charge < -0.3 is 21.3 Å². The number of nitrogens with two attached hydrogens (primary N) is 1. The molecule has 2 aromatic carbocycles. The summed E-state index contributed by atoms with van der Waals surface area (Å²) in [5.74, 6) is -0.846. The van der Waals surface area contributed by atoms with E-state index in [9.17, 15) is 14.4 Å². The van der Waals surface area contributed by atoms with Crippen LogP contribution in [-0.4, -0.2) is 41.9 Å². The lowest BCUT2D eigenvalue weighted by atomic mass is 10.1. The van der Waals surface area contributed by atoms with Gasteiger partial charge in [-0.1, -0.05) is 30.3 Å². The van der Waals surface area contributed by atoms with Gasteiger partial charge in [0.25, 0.3) is 0 Å². The smallest absolute Gasteiger partial charge is 0.318 e. The molecule has 7 heteroatoms. The van der Waals surface area contributed by atoms with Gasteiger partial charge in [0.15, 0.2) is 0 Å². The van der Waals surface area contributed by atoms with E-state index < -0.39 is 11.9 Å². The van der Waals surface area contributed by atoms with Crippen molar-refractivity contribution in [3.63, 3.8) is 0 Å². The van der Waals surface area contributed by atoms with Gasteiger partial charge >= 0.3 is 6.03 Å². The number of urea groups is 1. The molecule has 3 rings (SSSR count). The minimum atomic E-state index is -0.716. The Kier molecular flexibility index (Phi) is 6.26. The number of benzene rings is 2. The predicted molar refractivity (Wildman–Crippen MR) is 107 cm³/mol. The molecule has 1 atom stereocenters. The van der Waals surface area contributed by atoms with Crippen molar-refractivity contribution in [1.29, 1.82) is 0 Å². The summed E-state index contributed by atoms with van der Waals surface area (Å²) in [6.07, 6.45) is 2.34. The van der Waals surface area contributed by atoms with Crippen LogP contribution in [0.15, 0.2) is 54.6 Å². The molecular weight excluding hydrogens is 356 g/mol. The maximum absolute atomic E-state index is 12.9. The highest BCUT2D eigenvalue weighted by Gasteiger charge is 2.25. The van der Waals surface area contributed by atoms with E-state index in [1.807, 2.05) is 30.3 Å².